The molecular formula is C47H94NO8P. The molecule has 0 aromatic rings. The molecule has 0 aromatic heterocycles. The third-order valence-corrected chi connectivity index (χ3v) is 12.0. The first-order chi connectivity index (χ1) is 27.8. The lowest BCUT2D eigenvalue weighted by atomic mass is 10.0. The van der Waals surface area contributed by atoms with Crippen LogP contribution in [0.1, 0.15) is 258 Å². The van der Waals surface area contributed by atoms with E-state index in [0.29, 0.717) is 6.42 Å². The number of carbonyl (C=O) groups is 2. The van der Waals surface area contributed by atoms with Gasteiger partial charge in [-0.1, -0.05) is 232 Å². The first-order valence-corrected chi connectivity index (χ1v) is 26.0. The summed E-state index contributed by atoms with van der Waals surface area (Å²) in [6.45, 7) is 3.74. The highest BCUT2D eigenvalue weighted by atomic mass is 31.2. The Morgan fingerprint density at radius 1 is 0.456 bits per heavy atom. The smallest absolute Gasteiger partial charge is 0.462 e. The maximum Gasteiger partial charge on any atom is 0.472 e. The molecule has 0 aliphatic heterocycles. The molecule has 9 nitrogen and oxygen atoms in total. The van der Waals surface area contributed by atoms with E-state index in [1.165, 1.54) is 193 Å². The predicted molar refractivity (Wildman–Crippen MR) is 238 cm³/mol. The van der Waals surface area contributed by atoms with Gasteiger partial charge in [-0.15, -0.1) is 0 Å². The van der Waals surface area contributed by atoms with Crippen LogP contribution in [0.2, 0.25) is 0 Å². The minimum absolute atomic E-state index is 0.0579. The van der Waals surface area contributed by atoms with Crippen molar-refractivity contribution in [2.75, 3.05) is 26.4 Å². The van der Waals surface area contributed by atoms with Crippen LogP contribution in [0.3, 0.4) is 0 Å². The number of ether oxygens (including phenoxy) is 2. The van der Waals surface area contributed by atoms with Crippen molar-refractivity contribution in [2.24, 2.45) is 5.73 Å². The van der Waals surface area contributed by atoms with E-state index in [4.69, 9.17) is 24.3 Å². The molecule has 0 rings (SSSR count). The normalized spacial score (nSPS) is 13.1. The third kappa shape index (κ3) is 44.4. The van der Waals surface area contributed by atoms with Crippen LogP contribution in [-0.2, 0) is 32.7 Å². The maximum absolute atomic E-state index is 12.6. The molecule has 0 aliphatic rings. The van der Waals surface area contributed by atoms with Crippen LogP contribution in [0.15, 0.2) is 0 Å². The first kappa shape index (κ1) is 56.0. The van der Waals surface area contributed by atoms with Crippen LogP contribution >= 0.6 is 7.82 Å². The maximum atomic E-state index is 12.6. The van der Waals surface area contributed by atoms with Gasteiger partial charge in [0, 0.05) is 19.4 Å². The fourth-order valence-corrected chi connectivity index (χ4v) is 8.11. The summed E-state index contributed by atoms with van der Waals surface area (Å²) in [7, 11) is -4.36. The molecule has 0 heterocycles. The van der Waals surface area contributed by atoms with Gasteiger partial charge in [-0.3, -0.25) is 18.6 Å². The Balaban J connectivity index is 3.81. The summed E-state index contributed by atoms with van der Waals surface area (Å²) >= 11 is 0. The summed E-state index contributed by atoms with van der Waals surface area (Å²) in [5, 5.41) is 0. The van der Waals surface area contributed by atoms with E-state index in [1.807, 2.05) is 0 Å². The molecule has 10 heteroatoms. The van der Waals surface area contributed by atoms with Crippen molar-refractivity contribution in [2.45, 2.75) is 264 Å². The van der Waals surface area contributed by atoms with Crippen molar-refractivity contribution in [3.8, 4) is 0 Å². The third-order valence-electron chi connectivity index (χ3n) is 11.0. The van der Waals surface area contributed by atoms with Crippen LogP contribution in [0.4, 0.5) is 0 Å². The van der Waals surface area contributed by atoms with E-state index in [0.717, 1.165) is 32.1 Å². The molecule has 0 bridgehead atoms. The van der Waals surface area contributed by atoms with E-state index < -0.39 is 26.5 Å². The van der Waals surface area contributed by atoms with Gasteiger partial charge in [0.2, 0.25) is 0 Å². The molecule has 0 radical (unpaired) electrons. The summed E-state index contributed by atoms with van der Waals surface area (Å²) in [6, 6.07) is 0. The second-order valence-corrected chi connectivity index (χ2v) is 18.2. The number of unbranched alkanes of at least 4 members (excludes halogenated alkanes) is 34. The Labute approximate surface area is 352 Å². The lowest BCUT2D eigenvalue weighted by Crippen LogP contribution is -2.29. The Morgan fingerprint density at radius 3 is 1.07 bits per heavy atom. The number of rotatable bonds is 47. The summed E-state index contributed by atoms with van der Waals surface area (Å²) < 4.78 is 32.7. The Bertz CT molecular complexity index is 907. The fraction of sp³-hybridized carbons (Fsp3) is 0.957. The molecule has 0 aromatic carbocycles. The zero-order valence-corrected chi connectivity index (χ0v) is 38.5. The molecule has 2 atom stereocenters. The van der Waals surface area contributed by atoms with Crippen LogP contribution in [0.5, 0.6) is 0 Å². The predicted octanol–water partition coefficient (Wildman–Crippen LogP) is 14.4. The molecule has 57 heavy (non-hydrogen) atoms. The monoisotopic (exact) mass is 832 g/mol. The number of hydrogen-bond donors (Lipinski definition) is 2. The molecule has 0 fully saturated rings. The summed E-state index contributed by atoms with van der Waals surface area (Å²) in [5.74, 6) is -0.817. The van der Waals surface area contributed by atoms with Gasteiger partial charge >= 0.3 is 19.8 Å². The highest BCUT2D eigenvalue weighted by Crippen LogP contribution is 2.43. The molecule has 0 spiro atoms. The number of phosphoric ester groups is 1. The van der Waals surface area contributed by atoms with Gasteiger partial charge in [0.05, 0.1) is 13.2 Å². The Morgan fingerprint density at radius 2 is 0.754 bits per heavy atom. The topological polar surface area (TPSA) is 134 Å². The van der Waals surface area contributed by atoms with Gasteiger partial charge in [-0.25, -0.2) is 4.57 Å². The highest BCUT2D eigenvalue weighted by Gasteiger charge is 2.26. The summed E-state index contributed by atoms with van der Waals surface area (Å²) in [5.41, 5.74) is 5.34. The quantitative estimate of drug-likeness (QED) is 0.0349. The van der Waals surface area contributed by atoms with E-state index >= 15 is 0 Å². The highest BCUT2D eigenvalue weighted by molar-refractivity contribution is 7.47. The standard InChI is InChI=1S/C47H94NO8P/c1-3-5-7-9-11-13-14-15-16-17-18-19-20-21-22-23-24-25-26-27-28-29-30-31-32-34-36-38-40-47(50)56-45(44-55-57(51,52)54-42-41-48)43-53-46(49)39-37-35-33-12-10-8-6-4-2/h45H,3-44,48H2,1-2H3,(H,51,52). The van der Waals surface area contributed by atoms with E-state index in [1.54, 1.807) is 0 Å². The van der Waals surface area contributed by atoms with Crippen molar-refractivity contribution in [1.29, 1.82) is 0 Å². The molecule has 3 N–H and O–H groups in total. The molecule has 0 saturated carbocycles. The first-order valence-electron chi connectivity index (χ1n) is 24.5. The van der Waals surface area contributed by atoms with Crippen LogP contribution in [-0.4, -0.2) is 49.3 Å². The summed E-state index contributed by atoms with van der Waals surface area (Å²) in [6.07, 6.45) is 46.1. The zero-order valence-electron chi connectivity index (χ0n) is 37.6. The SMILES string of the molecule is CCCCCCCCCCCCCCCCCCCCCCCCCCCCCCC(=O)OC(COC(=O)CCCCCCCCCC)COP(=O)(O)OCCN. The molecule has 0 amide bonds. The Kier molecular flexibility index (Phi) is 43.8. The minimum Gasteiger partial charge on any atom is -0.462 e. The van der Waals surface area contributed by atoms with E-state index in [-0.39, 0.29) is 38.6 Å². The van der Waals surface area contributed by atoms with Crippen LogP contribution in [0, 0.1) is 0 Å². The molecule has 0 saturated heterocycles. The molecule has 340 valence electrons. The number of phosphoric acid groups is 1. The van der Waals surface area contributed by atoms with Gasteiger partial charge in [-0.05, 0) is 12.8 Å². The van der Waals surface area contributed by atoms with Crippen molar-refractivity contribution in [3.05, 3.63) is 0 Å². The van der Waals surface area contributed by atoms with Gasteiger partial charge in [0.15, 0.2) is 6.10 Å². The van der Waals surface area contributed by atoms with E-state index in [9.17, 15) is 19.0 Å². The van der Waals surface area contributed by atoms with Gasteiger partial charge < -0.3 is 20.1 Å². The molecule has 0 aliphatic carbocycles. The number of nitrogens with two attached hydrogens (primary N) is 1. The second kappa shape index (κ2) is 44.6. The van der Waals surface area contributed by atoms with Crippen molar-refractivity contribution >= 4 is 19.8 Å². The average Bonchev–Trinajstić information content (AvgIpc) is 3.20. The molecular weight excluding hydrogens is 737 g/mol. The van der Waals surface area contributed by atoms with Gasteiger partial charge in [0.1, 0.15) is 6.61 Å². The van der Waals surface area contributed by atoms with Gasteiger partial charge in [0.25, 0.3) is 0 Å². The minimum atomic E-state index is -4.36. The van der Waals surface area contributed by atoms with Crippen LogP contribution < -0.4 is 5.73 Å². The molecule has 2 unspecified atom stereocenters. The Hall–Kier alpha value is -0.990. The number of esters is 2. The second-order valence-electron chi connectivity index (χ2n) is 16.7. The lowest BCUT2D eigenvalue weighted by Gasteiger charge is -2.19. The van der Waals surface area contributed by atoms with Crippen molar-refractivity contribution in [1.82, 2.24) is 0 Å². The summed E-state index contributed by atoms with van der Waals surface area (Å²) in [4.78, 5) is 34.8. The van der Waals surface area contributed by atoms with E-state index in [2.05, 4.69) is 13.8 Å². The van der Waals surface area contributed by atoms with Gasteiger partial charge in [-0.2, -0.15) is 0 Å². The lowest BCUT2D eigenvalue weighted by molar-refractivity contribution is -0.161. The fourth-order valence-electron chi connectivity index (χ4n) is 7.34. The number of carbonyl (C=O) groups excluding carboxylic acids is 2. The number of hydrogen-bond acceptors (Lipinski definition) is 8. The van der Waals surface area contributed by atoms with Crippen LogP contribution in [0.25, 0.3) is 0 Å². The largest absolute Gasteiger partial charge is 0.472 e. The van der Waals surface area contributed by atoms with Crippen molar-refractivity contribution in [3.63, 3.8) is 0 Å². The van der Waals surface area contributed by atoms with Crippen molar-refractivity contribution < 1.29 is 37.6 Å². The zero-order chi connectivity index (χ0) is 41.8. The average molecular weight is 832 g/mol.